The van der Waals surface area contributed by atoms with Crippen molar-refractivity contribution in [1.82, 2.24) is 4.90 Å². The van der Waals surface area contributed by atoms with Crippen LogP contribution in [0.15, 0.2) is 0 Å². The van der Waals surface area contributed by atoms with Crippen molar-refractivity contribution in [3.8, 4) is 0 Å². The molecule has 6 heteroatoms. The van der Waals surface area contributed by atoms with Crippen LogP contribution in [-0.2, 0) is 9.59 Å². The summed E-state index contributed by atoms with van der Waals surface area (Å²) in [7, 11) is 0. The highest BCUT2D eigenvalue weighted by atomic mass is 32.1. The SMILES string of the molecule is NC(=O)CN1CCC(=S)[C@H]1C(=O)O. The molecule has 5 nitrogen and oxygen atoms in total. The van der Waals surface area contributed by atoms with E-state index < -0.39 is 17.9 Å². The van der Waals surface area contributed by atoms with E-state index >= 15 is 0 Å². The first-order valence-corrected chi connectivity index (χ1v) is 4.21. The van der Waals surface area contributed by atoms with E-state index in [0.717, 1.165) is 0 Å². The number of carboxylic acids is 1. The number of rotatable bonds is 3. The van der Waals surface area contributed by atoms with Crippen LogP contribution in [0, 0.1) is 0 Å². The Bertz CT molecular complexity index is 266. The Hall–Kier alpha value is -1.01. The van der Waals surface area contributed by atoms with Crippen molar-refractivity contribution in [3.63, 3.8) is 0 Å². The normalized spacial score (nSPS) is 23.4. The molecule has 1 amide bonds. The molecule has 0 spiro atoms. The molecule has 0 radical (unpaired) electrons. The van der Waals surface area contributed by atoms with Gasteiger partial charge in [0, 0.05) is 11.4 Å². The lowest BCUT2D eigenvalue weighted by Gasteiger charge is -2.18. The number of thiocarbonyl (C=S) groups is 1. The fraction of sp³-hybridized carbons (Fsp3) is 0.571. The lowest BCUT2D eigenvalue weighted by atomic mass is 10.2. The molecule has 3 N–H and O–H groups in total. The number of nitrogens with zero attached hydrogens (tertiary/aromatic N) is 1. The van der Waals surface area contributed by atoms with Gasteiger partial charge >= 0.3 is 5.97 Å². The highest BCUT2D eigenvalue weighted by molar-refractivity contribution is 7.80. The highest BCUT2D eigenvalue weighted by Gasteiger charge is 2.35. The first-order valence-electron chi connectivity index (χ1n) is 3.80. The number of primary amides is 1. The second kappa shape index (κ2) is 3.80. The molecule has 1 aliphatic rings. The van der Waals surface area contributed by atoms with E-state index in [1.807, 2.05) is 0 Å². The Labute approximate surface area is 80.5 Å². The minimum Gasteiger partial charge on any atom is -0.480 e. The monoisotopic (exact) mass is 202 g/mol. The largest absolute Gasteiger partial charge is 0.480 e. The lowest BCUT2D eigenvalue weighted by molar-refractivity contribution is -0.140. The summed E-state index contributed by atoms with van der Waals surface area (Å²) in [5, 5.41) is 8.79. The summed E-state index contributed by atoms with van der Waals surface area (Å²) in [6.45, 7) is 0.454. The van der Waals surface area contributed by atoms with Gasteiger partial charge in [-0.1, -0.05) is 12.2 Å². The maximum absolute atomic E-state index is 10.7. The zero-order valence-electron chi connectivity index (χ0n) is 6.90. The standard InChI is InChI=1S/C7H10N2O3S/c8-5(10)3-9-2-1-4(13)6(9)7(11)12/h6H,1-3H2,(H2,8,10)(H,11,12)/t6-/m0/s1. The number of carbonyl (C=O) groups is 2. The van der Waals surface area contributed by atoms with Crippen LogP contribution in [0.5, 0.6) is 0 Å². The molecule has 0 aromatic carbocycles. The van der Waals surface area contributed by atoms with Crippen molar-refractivity contribution in [3.05, 3.63) is 0 Å². The van der Waals surface area contributed by atoms with Crippen molar-refractivity contribution in [1.29, 1.82) is 0 Å². The number of aliphatic carboxylic acids is 1. The summed E-state index contributed by atoms with van der Waals surface area (Å²) < 4.78 is 0. The van der Waals surface area contributed by atoms with Gasteiger partial charge in [-0.3, -0.25) is 14.5 Å². The molecular weight excluding hydrogens is 192 g/mol. The second-order valence-electron chi connectivity index (χ2n) is 2.89. The van der Waals surface area contributed by atoms with E-state index in [1.165, 1.54) is 4.90 Å². The maximum atomic E-state index is 10.7. The third kappa shape index (κ3) is 2.22. The van der Waals surface area contributed by atoms with E-state index in [2.05, 4.69) is 0 Å². The van der Waals surface area contributed by atoms with Crippen molar-refractivity contribution in [2.24, 2.45) is 5.73 Å². The number of carboxylic acid groups (broad SMARTS) is 1. The number of nitrogens with two attached hydrogens (primary N) is 1. The van der Waals surface area contributed by atoms with Crippen molar-refractivity contribution >= 4 is 29.0 Å². The molecule has 0 bridgehead atoms. The molecule has 1 rings (SSSR count). The van der Waals surface area contributed by atoms with E-state index in [4.69, 9.17) is 23.1 Å². The topological polar surface area (TPSA) is 83.6 Å². The van der Waals surface area contributed by atoms with Gasteiger partial charge in [0.1, 0.15) is 6.04 Å². The molecule has 13 heavy (non-hydrogen) atoms. The average molecular weight is 202 g/mol. The van der Waals surface area contributed by atoms with Gasteiger partial charge in [0.15, 0.2) is 0 Å². The van der Waals surface area contributed by atoms with E-state index in [0.29, 0.717) is 17.8 Å². The van der Waals surface area contributed by atoms with Crippen molar-refractivity contribution in [2.45, 2.75) is 12.5 Å². The number of amides is 1. The smallest absolute Gasteiger partial charge is 0.326 e. The Morgan fingerprint density at radius 1 is 1.69 bits per heavy atom. The number of hydrogen-bond donors (Lipinski definition) is 2. The van der Waals surface area contributed by atoms with Crippen LogP contribution < -0.4 is 5.73 Å². The molecule has 0 aromatic heterocycles. The van der Waals surface area contributed by atoms with Crippen LogP contribution in [0.2, 0.25) is 0 Å². The minimum atomic E-state index is -1.01. The van der Waals surface area contributed by atoms with E-state index in [-0.39, 0.29) is 6.54 Å². The van der Waals surface area contributed by atoms with Crippen molar-refractivity contribution in [2.75, 3.05) is 13.1 Å². The van der Waals surface area contributed by atoms with Gasteiger partial charge in [-0.05, 0) is 6.42 Å². The van der Waals surface area contributed by atoms with Crippen LogP contribution in [-0.4, -0.2) is 45.9 Å². The van der Waals surface area contributed by atoms with E-state index in [1.54, 1.807) is 0 Å². The van der Waals surface area contributed by atoms with Crippen molar-refractivity contribution < 1.29 is 14.7 Å². The third-order valence-corrected chi connectivity index (χ3v) is 2.34. The fourth-order valence-corrected chi connectivity index (χ4v) is 1.73. The summed E-state index contributed by atoms with van der Waals surface area (Å²) >= 11 is 4.87. The Morgan fingerprint density at radius 3 is 2.77 bits per heavy atom. The van der Waals surface area contributed by atoms with Crippen LogP contribution in [0.1, 0.15) is 6.42 Å². The predicted octanol–water partition coefficient (Wildman–Crippen LogP) is -0.999. The number of likely N-dealkylation sites (tertiary alicyclic amines) is 1. The van der Waals surface area contributed by atoms with Gasteiger partial charge in [-0.25, -0.2) is 0 Å². The molecule has 1 saturated heterocycles. The molecule has 72 valence electrons. The molecule has 1 atom stereocenters. The van der Waals surface area contributed by atoms with Crippen LogP contribution >= 0.6 is 12.2 Å². The molecule has 0 unspecified atom stereocenters. The maximum Gasteiger partial charge on any atom is 0.326 e. The molecule has 0 saturated carbocycles. The molecule has 1 heterocycles. The molecule has 1 aliphatic heterocycles. The molecule has 0 aromatic rings. The van der Waals surface area contributed by atoms with Crippen LogP contribution in [0.3, 0.4) is 0 Å². The summed E-state index contributed by atoms with van der Waals surface area (Å²) in [6.07, 6.45) is 0.541. The fourth-order valence-electron chi connectivity index (χ4n) is 1.39. The van der Waals surface area contributed by atoms with Gasteiger partial charge in [-0.2, -0.15) is 0 Å². The summed E-state index contributed by atoms with van der Waals surface area (Å²) in [5.74, 6) is -1.54. The van der Waals surface area contributed by atoms with Gasteiger partial charge in [0.25, 0.3) is 0 Å². The first kappa shape index (κ1) is 10.1. The number of carbonyl (C=O) groups excluding carboxylic acids is 1. The zero-order chi connectivity index (χ0) is 10.0. The predicted molar refractivity (Wildman–Crippen MR) is 49.4 cm³/mol. The highest BCUT2D eigenvalue weighted by Crippen LogP contribution is 2.14. The van der Waals surface area contributed by atoms with Gasteiger partial charge in [0.2, 0.25) is 5.91 Å². The van der Waals surface area contributed by atoms with Gasteiger partial charge < -0.3 is 10.8 Å². The average Bonchev–Trinajstić information content (AvgIpc) is 2.30. The second-order valence-corrected chi connectivity index (χ2v) is 3.42. The van der Waals surface area contributed by atoms with Gasteiger partial charge in [-0.15, -0.1) is 0 Å². The van der Waals surface area contributed by atoms with Crippen LogP contribution in [0.25, 0.3) is 0 Å². The quantitative estimate of drug-likeness (QED) is 0.573. The Morgan fingerprint density at radius 2 is 2.31 bits per heavy atom. The number of hydrogen-bond acceptors (Lipinski definition) is 4. The lowest BCUT2D eigenvalue weighted by Crippen LogP contribution is -2.43. The molecule has 0 aliphatic carbocycles. The summed E-state index contributed by atoms with van der Waals surface area (Å²) in [5.41, 5.74) is 4.96. The third-order valence-electron chi connectivity index (χ3n) is 1.91. The zero-order valence-corrected chi connectivity index (χ0v) is 7.71. The molecular formula is C7H10N2O3S. The van der Waals surface area contributed by atoms with Gasteiger partial charge in [0.05, 0.1) is 6.54 Å². The van der Waals surface area contributed by atoms with E-state index in [9.17, 15) is 9.59 Å². The molecule has 1 fully saturated rings. The Balaban J connectivity index is 2.69. The van der Waals surface area contributed by atoms with Crippen LogP contribution in [0.4, 0.5) is 0 Å². The first-order chi connectivity index (χ1) is 6.02. The summed E-state index contributed by atoms with van der Waals surface area (Å²) in [6, 6.07) is -0.817. The Kier molecular flexibility index (Phi) is 2.94. The minimum absolute atomic E-state index is 0.0445. The summed E-state index contributed by atoms with van der Waals surface area (Å²) in [4.78, 5) is 23.2.